The number of carbonyl (C=O) groups is 1. The van der Waals surface area contributed by atoms with E-state index in [0.29, 0.717) is 30.2 Å². The monoisotopic (exact) mass is 409 g/mol. The summed E-state index contributed by atoms with van der Waals surface area (Å²) in [7, 11) is 0. The van der Waals surface area contributed by atoms with Gasteiger partial charge in [0.15, 0.2) is 0 Å². The summed E-state index contributed by atoms with van der Waals surface area (Å²) in [6.45, 7) is 1.32. The molecule has 3 heterocycles. The maximum atomic E-state index is 13.8. The van der Waals surface area contributed by atoms with Crippen LogP contribution in [0.1, 0.15) is 18.4 Å². The van der Waals surface area contributed by atoms with Crippen LogP contribution in [0.3, 0.4) is 0 Å². The number of hydrogen-bond acceptors (Lipinski definition) is 4. The van der Waals surface area contributed by atoms with Gasteiger partial charge < -0.3 is 14.6 Å². The molecule has 5 nitrogen and oxygen atoms in total. The standard InChI is InChI=1S/C22H20FN3O2S/c23-17-5-3-7-19-21(17)25-22(29-19)28-15-8-10-26(11-9-15)20(27)12-14-13-24-18-6-2-1-4-16(14)18/h1-7,13,15,24H,8-12H2. The number of fused-ring (bicyclic) bond motifs is 2. The first-order valence-corrected chi connectivity index (χ1v) is 10.5. The van der Waals surface area contributed by atoms with Gasteiger partial charge in [0.05, 0.1) is 11.1 Å². The van der Waals surface area contributed by atoms with Crippen molar-refractivity contribution in [2.45, 2.75) is 25.4 Å². The number of carbonyl (C=O) groups excluding carboxylic acids is 1. The van der Waals surface area contributed by atoms with Gasteiger partial charge in [0, 0.05) is 43.0 Å². The lowest BCUT2D eigenvalue weighted by atomic mass is 10.1. The molecule has 1 amide bonds. The lowest BCUT2D eigenvalue weighted by Crippen LogP contribution is -2.42. The molecule has 1 saturated heterocycles. The highest BCUT2D eigenvalue weighted by atomic mass is 32.1. The predicted molar refractivity (Wildman–Crippen MR) is 112 cm³/mol. The summed E-state index contributed by atoms with van der Waals surface area (Å²) in [5.41, 5.74) is 2.44. The van der Waals surface area contributed by atoms with Crippen molar-refractivity contribution >= 4 is 38.4 Å². The van der Waals surface area contributed by atoms with E-state index < -0.39 is 0 Å². The Morgan fingerprint density at radius 3 is 2.86 bits per heavy atom. The van der Waals surface area contributed by atoms with Crippen molar-refractivity contribution < 1.29 is 13.9 Å². The van der Waals surface area contributed by atoms with Crippen LogP contribution in [0.5, 0.6) is 5.19 Å². The van der Waals surface area contributed by atoms with Crippen LogP contribution < -0.4 is 4.74 Å². The van der Waals surface area contributed by atoms with Crippen molar-refractivity contribution in [1.29, 1.82) is 0 Å². The molecule has 2 aromatic carbocycles. The Bertz CT molecular complexity index is 1180. The van der Waals surface area contributed by atoms with E-state index in [1.807, 2.05) is 41.4 Å². The summed E-state index contributed by atoms with van der Waals surface area (Å²) in [6, 6.07) is 12.9. The number of piperidine rings is 1. The van der Waals surface area contributed by atoms with E-state index in [2.05, 4.69) is 9.97 Å². The van der Waals surface area contributed by atoms with Gasteiger partial charge in [-0.3, -0.25) is 4.79 Å². The van der Waals surface area contributed by atoms with Gasteiger partial charge in [0.2, 0.25) is 5.91 Å². The molecule has 5 rings (SSSR count). The van der Waals surface area contributed by atoms with Crippen LogP contribution in [-0.2, 0) is 11.2 Å². The number of aromatic nitrogens is 2. The summed E-state index contributed by atoms with van der Waals surface area (Å²) < 4.78 is 20.6. The summed E-state index contributed by atoms with van der Waals surface area (Å²) >= 11 is 1.36. The van der Waals surface area contributed by atoms with Crippen LogP contribution >= 0.6 is 11.3 Å². The van der Waals surface area contributed by atoms with E-state index in [-0.39, 0.29) is 17.8 Å². The molecule has 4 aromatic rings. The van der Waals surface area contributed by atoms with Crippen molar-refractivity contribution in [3.8, 4) is 5.19 Å². The van der Waals surface area contributed by atoms with Gasteiger partial charge in [-0.05, 0) is 23.8 Å². The van der Waals surface area contributed by atoms with Crippen molar-refractivity contribution in [2.75, 3.05) is 13.1 Å². The third kappa shape index (κ3) is 3.58. The van der Waals surface area contributed by atoms with Gasteiger partial charge >= 0.3 is 0 Å². The van der Waals surface area contributed by atoms with Gasteiger partial charge in [-0.25, -0.2) is 4.39 Å². The van der Waals surface area contributed by atoms with Crippen molar-refractivity contribution in [3.63, 3.8) is 0 Å². The number of amides is 1. The molecule has 7 heteroatoms. The Labute approximate surface area is 171 Å². The van der Waals surface area contributed by atoms with Crippen LogP contribution in [0.4, 0.5) is 4.39 Å². The van der Waals surface area contributed by atoms with E-state index in [1.54, 1.807) is 6.07 Å². The molecule has 0 aliphatic carbocycles. The maximum absolute atomic E-state index is 13.8. The molecule has 1 fully saturated rings. The van der Waals surface area contributed by atoms with E-state index in [9.17, 15) is 9.18 Å². The highest BCUT2D eigenvalue weighted by molar-refractivity contribution is 7.20. The second-order valence-corrected chi connectivity index (χ2v) is 8.29. The number of hydrogen-bond donors (Lipinski definition) is 1. The Morgan fingerprint density at radius 2 is 2.03 bits per heavy atom. The Kier molecular flexibility index (Phi) is 4.67. The Hall–Kier alpha value is -2.93. The number of thiazole rings is 1. The fourth-order valence-electron chi connectivity index (χ4n) is 3.86. The average Bonchev–Trinajstić information content (AvgIpc) is 3.33. The predicted octanol–water partition coefficient (Wildman–Crippen LogP) is 4.53. The topological polar surface area (TPSA) is 58.2 Å². The number of rotatable bonds is 4. The first-order valence-electron chi connectivity index (χ1n) is 9.72. The van der Waals surface area contributed by atoms with Gasteiger partial charge in [0.25, 0.3) is 5.19 Å². The van der Waals surface area contributed by atoms with E-state index >= 15 is 0 Å². The number of nitrogens with one attached hydrogen (secondary N) is 1. The van der Waals surface area contributed by atoms with Crippen molar-refractivity contribution in [1.82, 2.24) is 14.9 Å². The SMILES string of the molecule is O=C(Cc1c[nH]c2ccccc12)N1CCC(Oc2nc3c(F)cccc3s2)CC1. The Morgan fingerprint density at radius 1 is 1.21 bits per heavy atom. The molecule has 1 N–H and O–H groups in total. The number of nitrogens with zero attached hydrogens (tertiary/aromatic N) is 2. The average molecular weight is 409 g/mol. The first kappa shape index (κ1) is 18.1. The van der Waals surface area contributed by atoms with Crippen LogP contribution in [0.2, 0.25) is 0 Å². The molecular formula is C22H20FN3O2S. The van der Waals surface area contributed by atoms with E-state index in [1.165, 1.54) is 17.4 Å². The van der Waals surface area contributed by atoms with E-state index in [0.717, 1.165) is 34.0 Å². The fourth-order valence-corrected chi connectivity index (χ4v) is 4.76. The minimum atomic E-state index is -0.328. The molecule has 2 aromatic heterocycles. The summed E-state index contributed by atoms with van der Waals surface area (Å²) in [6.07, 6.45) is 3.81. The number of likely N-dealkylation sites (tertiary alicyclic amines) is 1. The highest BCUT2D eigenvalue weighted by Gasteiger charge is 2.25. The molecule has 0 atom stereocenters. The second kappa shape index (κ2) is 7.48. The zero-order valence-corrected chi connectivity index (χ0v) is 16.5. The summed E-state index contributed by atoms with van der Waals surface area (Å²) in [5, 5.41) is 1.59. The van der Waals surface area contributed by atoms with Crippen LogP contribution in [0.15, 0.2) is 48.7 Å². The normalized spacial score (nSPS) is 15.3. The van der Waals surface area contributed by atoms with Gasteiger partial charge in [-0.15, -0.1) is 0 Å². The summed E-state index contributed by atoms with van der Waals surface area (Å²) in [4.78, 5) is 22.1. The number of para-hydroxylation sites is 2. The van der Waals surface area contributed by atoms with Gasteiger partial charge in [-0.2, -0.15) is 4.98 Å². The second-order valence-electron chi connectivity index (χ2n) is 7.30. The van der Waals surface area contributed by atoms with Crippen molar-refractivity contribution in [2.24, 2.45) is 0 Å². The molecule has 0 radical (unpaired) electrons. The zero-order chi connectivity index (χ0) is 19.8. The number of benzene rings is 2. The van der Waals surface area contributed by atoms with Crippen LogP contribution in [-0.4, -0.2) is 40.0 Å². The molecule has 0 unspecified atom stereocenters. The third-order valence-corrected chi connectivity index (χ3v) is 6.34. The summed E-state index contributed by atoms with van der Waals surface area (Å²) in [5.74, 6) is -0.193. The van der Waals surface area contributed by atoms with E-state index in [4.69, 9.17) is 4.74 Å². The van der Waals surface area contributed by atoms with Gasteiger partial charge in [-0.1, -0.05) is 35.6 Å². The quantitative estimate of drug-likeness (QED) is 0.539. The third-order valence-electron chi connectivity index (χ3n) is 5.43. The number of H-pyrrole nitrogens is 1. The van der Waals surface area contributed by atoms with Crippen molar-refractivity contribution in [3.05, 3.63) is 60.0 Å². The fraction of sp³-hybridized carbons (Fsp3) is 0.273. The zero-order valence-electron chi connectivity index (χ0n) is 15.7. The largest absolute Gasteiger partial charge is 0.467 e. The lowest BCUT2D eigenvalue weighted by Gasteiger charge is -2.31. The van der Waals surface area contributed by atoms with Crippen LogP contribution in [0, 0.1) is 5.82 Å². The minimum absolute atomic E-state index is 0.00392. The Balaban J connectivity index is 1.19. The first-order chi connectivity index (χ1) is 14.2. The molecule has 0 spiro atoms. The molecule has 29 heavy (non-hydrogen) atoms. The molecular weight excluding hydrogens is 389 g/mol. The molecule has 0 saturated carbocycles. The lowest BCUT2D eigenvalue weighted by molar-refractivity contribution is -0.132. The maximum Gasteiger partial charge on any atom is 0.274 e. The number of ether oxygens (including phenoxy) is 1. The highest BCUT2D eigenvalue weighted by Crippen LogP contribution is 2.31. The van der Waals surface area contributed by atoms with Gasteiger partial charge in [0.1, 0.15) is 17.4 Å². The number of halogens is 1. The molecule has 148 valence electrons. The minimum Gasteiger partial charge on any atom is -0.467 e. The molecule has 1 aliphatic heterocycles. The number of aromatic amines is 1. The smallest absolute Gasteiger partial charge is 0.274 e. The molecule has 1 aliphatic rings. The molecule has 0 bridgehead atoms. The van der Waals surface area contributed by atoms with Crippen LogP contribution in [0.25, 0.3) is 21.1 Å².